The summed E-state index contributed by atoms with van der Waals surface area (Å²) < 4.78 is 37.0. The van der Waals surface area contributed by atoms with E-state index < -0.39 is 11.9 Å². The lowest BCUT2D eigenvalue weighted by atomic mass is 9.85. The van der Waals surface area contributed by atoms with Crippen LogP contribution >= 0.6 is 0 Å². The third-order valence-electron chi connectivity index (χ3n) is 3.44. The number of carbonyl (C=O) groups excluding carboxylic acids is 1. The van der Waals surface area contributed by atoms with Gasteiger partial charge in [-0.1, -0.05) is 0 Å². The van der Waals surface area contributed by atoms with E-state index in [4.69, 9.17) is 5.73 Å². The molecule has 0 radical (unpaired) electrons. The molecule has 8 heteroatoms. The van der Waals surface area contributed by atoms with Crippen LogP contribution in [0.25, 0.3) is 0 Å². The molecule has 3 N–H and O–H groups in total. The van der Waals surface area contributed by atoms with Crippen molar-refractivity contribution in [3.63, 3.8) is 0 Å². The number of hydrogen-bond donors (Lipinski definition) is 2. The number of halogens is 3. The molecule has 1 saturated carbocycles. The molecule has 0 unspecified atom stereocenters. The summed E-state index contributed by atoms with van der Waals surface area (Å²) in [5.74, 6) is -0.0926. The molecule has 0 saturated heterocycles. The van der Waals surface area contributed by atoms with Crippen LogP contribution in [0.5, 0.6) is 0 Å². The Bertz CT molecular complexity index is 467. The SMILES string of the molecule is NC(=O)C1CCC(Nc2ccc(C(F)(F)F)nn2)CC1. The number of rotatable bonds is 3. The average molecular weight is 288 g/mol. The zero-order chi connectivity index (χ0) is 14.8. The number of primary amides is 1. The monoisotopic (exact) mass is 288 g/mol. The molecule has 1 amide bonds. The summed E-state index contributed by atoms with van der Waals surface area (Å²) in [6.45, 7) is 0. The van der Waals surface area contributed by atoms with Crippen LogP contribution in [-0.2, 0) is 11.0 Å². The van der Waals surface area contributed by atoms with E-state index in [0.717, 1.165) is 18.9 Å². The van der Waals surface area contributed by atoms with Crippen LogP contribution in [0.3, 0.4) is 0 Å². The number of aromatic nitrogens is 2. The smallest absolute Gasteiger partial charge is 0.369 e. The number of hydrogen-bond acceptors (Lipinski definition) is 4. The molecular formula is C12H15F3N4O. The lowest BCUT2D eigenvalue weighted by Gasteiger charge is -2.27. The number of alkyl halides is 3. The van der Waals surface area contributed by atoms with Gasteiger partial charge in [0.2, 0.25) is 5.91 Å². The summed E-state index contributed by atoms with van der Waals surface area (Å²) in [5, 5.41) is 9.69. The second kappa shape index (κ2) is 5.64. The standard InChI is InChI=1S/C12H15F3N4O/c13-12(14,15)9-5-6-10(19-18-9)17-8-3-1-7(2-4-8)11(16)20/h5-8H,1-4H2,(H2,16,20)(H,17,19). The lowest BCUT2D eigenvalue weighted by molar-refractivity contribution is -0.141. The van der Waals surface area contributed by atoms with E-state index in [9.17, 15) is 18.0 Å². The first-order chi connectivity index (χ1) is 9.36. The number of nitrogens with one attached hydrogen (secondary N) is 1. The molecule has 2 rings (SSSR count). The maximum Gasteiger partial charge on any atom is 0.435 e. The van der Waals surface area contributed by atoms with Gasteiger partial charge in [-0.2, -0.15) is 13.2 Å². The first-order valence-electron chi connectivity index (χ1n) is 6.33. The Morgan fingerprint density at radius 1 is 1.20 bits per heavy atom. The summed E-state index contributed by atoms with van der Waals surface area (Å²) in [5.41, 5.74) is 4.22. The molecule has 5 nitrogen and oxygen atoms in total. The topological polar surface area (TPSA) is 80.9 Å². The molecule has 0 aromatic carbocycles. The number of carbonyl (C=O) groups is 1. The molecule has 20 heavy (non-hydrogen) atoms. The molecule has 1 aliphatic carbocycles. The second-order valence-corrected chi connectivity index (χ2v) is 4.90. The Morgan fingerprint density at radius 3 is 2.30 bits per heavy atom. The summed E-state index contributed by atoms with van der Waals surface area (Å²) in [6, 6.07) is 2.23. The van der Waals surface area contributed by atoms with Gasteiger partial charge < -0.3 is 11.1 Å². The van der Waals surface area contributed by atoms with E-state index in [1.807, 2.05) is 0 Å². The first kappa shape index (κ1) is 14.5. The Morgan fingerprint density at radius 2 is 1.85 bits per heavy atom. The molecule has 1 aliphatic rings. The molecule has 0 bridgehead atoms. The Balaban J connectivity index is 1.90. The molecule has 0 spiro atoms. The zero-order valence-corrected chi connectivity index (χ0v) is 10.7. The Hall–Kier alpha value is -1.86. The van der Waals surface area contributed by atoms with Gasteiger partial charge in [0.05, 0.1) is 0 Å². The number of nitrogens with two attached hydrogens (primary N) is 1. The minimum atomic E-state index is -4.48. The largest absolute Gasteiger partial charge is 0.435 e. The van der Waals surface area contributed by atoms with Gasteiger partial charge in [-0.15, -0.1) is 10.2 Å². The fourth-order valence-electron chi connectivity index (χ4n) is 2.29. The Labute approximate surface area is 113 Å². The van der Waals surface area contributed by atoms with E-state index in [2.05, 4.69) is 15.5 Å². The molecule has 1 aromatic heterocycles. The van der Waals surface area contributed by atoms with Crippen LogP contribution in [-0.4, -0.2) is 22.1 Å². The molecule has 0 aliphatic heterocycles. The van der Waals surface area contributed by atoms with Gasteiger partial charge in [0.25, 0.3) is 0 Å². The highest BCUT2D eigenvalue weighted by atomic mass is 19.4. The van der Waals surface area contributed by atoms with Gasteiger partial charge in [-0.25, -0.2) is 0 Å². The van der Waals surface area contributed by atoms with E-state index in [0.29, 0.717) is 18.7 Å². The van der Waals surface area contributed by atoms with Crippen molar-refractivity contribution >= 4 is 11.7 Å². The van der Waals surface area contributed by atoms with Crippen molar-refractivity contribution in [2.45, 2.75) is 37.9 Å². The van der Waals surface area contributed by atoms with Crippen molar-refractivity contribution in [3.8, 4) is 0 Å². The van der Waals surface area contributed by atoms with Gasteiger partial charge in [-0.05, 0) is 37.8 Å². The van der Waals surface area contributed by atoms with Crippen LogP contribution in [0.4, 0.5) is 19.0 Å². The fraction of sp³-hybridized carbons (Fsp3) is 0.583. The number of nitrogens with zero attached hydrogens (tertiary/aromatic N) is 2. The zero-order valence-electron chi connectivity index (χ0n) is 10.7. The highest BCUT2D eigenvalue weighted by Crippen LogP contribution is 2.28. The van der Waals surface area contributed by atoms with Crippen LogP contribution in [0.2, 0.25) is 0 Å². The number of amides is 1. The average Bonchev–Trinajstić information content (AvgIpc) is 2.39. The minimum absolute atomic E-state index is 0.0802. The molecule has 110 valence electrons. The molecule has 1 heterocycles. The van der Waals surface area contributed by atoms with Gasteiger partial charge >= 0.3 is 6.18 Å². The quantitative estimate of drug-likeness (QED) is 0.890. The molecular weight excluding hydrogens is 273 g/mol. The van der Waals surface area contributed by atoms with Gasteiger partial charge in [-0.3, -0.25) is 4.79 Å². The fourth-order valence-corrected chi connectivity index (χ4v) is 2.29. The molecule has 1 aromatic rings. The summed E-state index contributed by atoms with van der Waals surface area (Å²) in [4.78, 5) is 11.0. The van der Waals surface area contributed by atoms with Crippen molar-refractivity contribution in [2.75, 3.05) is 5.32 Å². The highest BCUT2D eigenvalue weighted by Gasteiger charge is 2.33. The van der Waals surface area contributed by atoms with Crippen LogP contribution < -0.4 is 11.1 Å². The van der Waals surface area contributed by atoms with Crippen molar-refractivity contribution in [3.05, 3.63) is 17.8 Å². The lowest BCUT2D eigenvalue weighted by Crippen LogP contribution is -2.32. The molecule has 0 atom stereocenters. The summed E-state index contributed by atoms with van der Waals surface area (Å²) in [6.07, 6.45) is -1.65. The van der Waals surface area contributed by atoms with Gasteiger partial charge in [0, 0.05) is 12.0 Å². The third kappa shape index (κ3) is 3.58. The van der Waals surface area contributed by atoms with Crippen molar-refractivity contribution in [2.24, 2.45) is 11.7 Å². The highest BCUT2D eigenvalue weighted by molar-refractivity contribution is 5.76. The molecule has 1 fully saturated rings. The predicted molar refractivity (Wildman–Crippen MR) is 65.6 cm³/mol. The minimum Gasteiger partial charge on any atom is -0.369 e. The summed E-state index contributed by atoms with van der Waals surface area (Å²) in [7, 11) is 0. The second-order valence-electron chi connectivity index (χ2n) is 4.90. The van der Waals surface area contributed by atoms with E-state index >= 15 is 0 Å². The van der Waals surface area contributed by atoms with Gasteiger partial charge in [0.1, 0.15) is 5.82 Å². The van der Waals surface area contributed by atoms with Crippen molar-refractivity contribution in [1.29, 1.82) is 0 Å². The van der Waals surface area contributed by atoms with Crippen molar-refractivity contribution in [1.82, 2.24) is 10.2 Å². The van der Waals surface area contributed by atoms with Gasteiger partial charge in [0.15, 0.2) is 5.69 Å². The maximum atomic E-state index is 12.3. The number of anilines is 1. The predicted octanol–water partition coefficient (Wildman–Crippen LogP) is 1.95. The summed E-state index contributed by atoms with van der Waals surface area (Å²) >= 11 is 0. The maximum absolute atomic E-state index is 12.3. The van der Waals surface area contributed by atoms with Crippen LogP contribution in [0.1, 0.15) is 31.4 Å². The van der Waals surface area contributed by atoms with Crippen molar-refractivity contribution < 1.29 is 18.0 Å². The normalized spacial score (nSPS) is 23.4. The van der Waals surface area contributed by atoms with Crippen LogP contribution in [0, 0.1) is 5.92 Å². The van der Waals surface area contributed by atoms with Crippen LogP contribution in [0.15, 0.2) is 12.1 Å². The van der Waals surface area contributed by atoms with E-state index in [1.165, 1.54) is 6.07 Å². The van der Waals surface area contributed by atoms with E-state index in [1.54, 1.807) is 0 Å². The third-order valence-corrected chi connectivity index (χ3v) is 3.44. The first-order valence-corrected chi connectivity index (χ1v) is 6.33. The van der Waals surface area contributed by atoms with E-state index in [-0.39, 0.29) is 17.9 Å². The Kier molecular flexibility index (Phi) is 4.10.